The molecule has 2 heterocycles. The van der Waals surface area contributed by atoms with E-state index in [1.807, 2.05) is 30.3 Å². The number of aliphatic hydroxyl groups is 1. The van der Waals surface area contributed by atoms with Crippen LogP contribution in [0.3, 0.4) is 0 Å². The molecule has 6 heteroatoms. The molecule has 0 spiro atoms. The van der Waals surface area contributed by atoms with Gasteiger partial charge in [0.1, 0.15) is 18.3 Å². The third-order valence-electron chi connectivity index (χ3n) is 4.17. The van der Waals surface area contributed by atoms with Crippen LogP contribution in [-0.4, -0.2) is 56.0 Å². The van der Waals surface area contributed by atoms with Crippen LogP contribution < -0.4 is 5.32 Å². The number of benzene rings is 1. The van der Waals surface area contributed by atoms with Gasteiger partial charge in [-0.1, -0.05) is 36.4 Å². The lowest BCUT2D eigenvalue weighted by Crippen LogP contribution is -2.65. The fourth-order valence-electron chi connectivity index (χ4n) is 3.01. The maximum atomic E-state index is 10.7. The molecular weight excluding hydrogens is 298 g/mol. The molecule has 0 saturated carbocycles. The van der Waals surface area contributed by atoms with Gasteiger partial charge in [-0.15, -0.1) is 6.58 Å². The van der Waals surface area contributed by atoms with Crippen LogP contribution in [0.5, 0.6) is 0 Å². The van der Waals surface area contributed by atoms with Crippen LogP contribution in [0, 0.1) is 0 Å². The minimum atomic E-state index is -0.770. The van der Waals surface area contributed by atoms with Crippen molar-refractivity contribution in [1.82, 2.24) is 5.32 Å². The van der Waals surface area contributed by atoms with Gasteiger partial charge in [0.15, 0.2) is 12.6 Å². The standard InChI is InChI=1S/C17H23NO5/c1-3-9-18-13-14(19)15-12(22-17(13)20-2)10-21-16(23-15)11-7-5-4-6-8-11/h3-8,12-19H,1,9-10H2,2H3/t12-,13-,14+,15-,16-,17+/m1/s1. The van der Waals surface area contributed by atoms with Crippen LogP contribution in [-0.2, 0) is 18.9 Å². The highest BCUT2D eigenvalue weighted by Gasteiger charge is 2.49. The summed E-state index contributed by atoms with van der Waals surface area (Å²) >= 11 is 0. The van der Waals surface area contributed by atoms with Crippen LogP contribution in [0.25, 0.3) is 0 Å². The lowest BCUT2D eigenvalue weighted by Gasteiger charge is -2.47. The second-order valence-electron chi connectivity index (χ2n) is 5.67. The second-order valence-corrected chi connectivity index (χ2v) is 5.67. The largest absolute Gasteiger partial charge is 0.388 e. The first-order valence-electron chi connectivity index (χ1n) is 7.77. The van der Waals surface area contributed by atoms with Crippen molar-refractivity contribution in [3.8, 4) is 0 Å². The lowest BCUT2D eigenvalue weighted by atomic mass is 9.95. The topological polar surface area (TPSA) is 69.2 Å². The van der Waals surface area contributed by atoms with Crippen LogP contribution in [0.15, 0.2) is 43.0 Å². The molecule has 1 aromatic rings. The van der Waals surface area contributed by atoms with E-state index in [-0.39, 0.29) is 6.10 Å². The Kier molecular flexibility index (Phi) is 5.42. The third-order valence-corrected chi connectivity index (χ3v) is 4.17. The summed E-state index contributed by atoms with van der Waals surface area (Å²) in [6.45, 7) is 4.56. The third kappa shape index (κ3) is 3.47. The van der Waals surface area contributed by atoms with E-state index in [9.17, 15) is 5.11 Å². The van der Waals surface area contributed by atoms with E-state index < -0.39 is 30.8 Å². The molecule has 2 fully saturated rings. The van der Waals surface area contributed by atoms with Crippen LogP contribution in [0.1, 0.15) is 11.9 Å². The van der Waals surface area contributed by atoms with Gasteiger partial charge < -0.3 is 29.4 Å². The normalized spacial score (nSPS) is 37.1. The van der Waals surface area contributed by atoms with Gasteiger partial charge in [-0.2, -0.15) is 0 Å². The van der Waals surface area contributed by atoms with E-state index in [0.717, 1.165) is 5.56 Å². The Morgan fingerprint density at radius 2 is 2.13 bits per heavy atom. The Balaban J connectivity index is 1.73. The van der Waals surface area contributed by atoms with Crippen molar-refractivity contribution in [2.75, 3.05) is 20.3 Å². The van der Waals surface area contributed by atoms with Gasteiger partial charge in [0.25, 0.3) is 0 Å². The minimum absolute atomic E-state index is 0.343. The molecular formula is C17H23NO5. The first-order valence-corrected chi connectivity index (χ1v) is 7.77. The highest BCUT2D eigenvalue weighted by molar-refractivity contribution is 5.16. The number of aliphatic hydroxyl groups excluding tert-OH is 1. The van der Waals surface area contributed by atoms with E-state index in [1.165, 1.54) is 0 Å². The molecule has 6 atom stereocenters. The average Bonchev–Trinajstić information content (AvgIpc) is 2.61. The molecule has 126 valence electrons. The Labute approximate surface area is 136 Å². The zero-order valence-corrected chi connectivity index (χ0v) is 13.1. The highest BCUT2D eigenvalue weighted by atomic mass is 16.7. The monoisotopic (exact) mass is 321 g/mol. The summed E-state index contributed by atoms with van der Waals surface area (Å²) in [5.41, 5.74) is 0.919. The molecule has 0 aliphatic carbocycles. The number of fused-ring (bicyclic) bond motifs is 1. The van der Waals surface area contributed by atoms with Crippen molar-refractivity contribution >= 4 is 0 Å². The fourth-order valence-corrected chi connectivity index (χ4v) is 3.01. The van der Waals surface area contributed by atoms with E-state index in [4.69, 9.17) is 18.9 Å². The summed E-state index contributed by atoms with van der Waals surface area (Å²) in [6.07, 6.45) is -0.960. The quantitative estimate of drug-likeness (QED) is 0.788. The van der Waals surface area contributed by atoms with Crippen molar-refractivity contribution in [3.05, 3.63) is 48.6 Å². The van der Waals surface area contributed by atoms with Gasteiger partial charge in [0.2, 0.25) is 0 Å². The van der Waals surface area contributed by atoms with E-state index >= 15 is 0 Å². The molecule has 0 amide bonds. The van der Waals surface area contributed by atoms with Gasteiger partial charge in [0.05, 0.1) is 12.6 Å². The van der Waals surface area contributed by atoms with Crippen molar-refractivity contribution in [2.24, 2.45) is 0 Å². The molecule has 6 nitrogen and oxygen atoms in total. The van der Waals surface area contributed by atoms with Crippen LogP contribution >= 0.6 is 0 Å². The molecule has 0 bridgehead atoms. The summed E-state index contributed by atoms with van der Waals surface area (Å²) in [5, 5.41) is 13.9. The number of nitrogens with one attached hydrogen (secondary N) is 1. The summed E-state index contributed by atoms with van der Waals surface area (Å²) < 4.78 is 22.9. The Bertz CT molecular complexity index is 511. The summed E-state index contributed by atoms with van der Waals surface area (Å²) in [6, 6.07) is 9.27. The lowest BCUT2D eigenvalue weighted by molar-refractivity contribution is -0.341. The van der Waals surface area contributed by atoms with Crippen LogP contribution in [0.4, 0.5) is 0 Å². The number of ether oxygens (including phenoxy) is 4. The zero-order chi connectivity index (χ0) is 16.2. The SMILES string of the molecule is C=CCN[C@H]1[C@@H](OC)O[C@@H]2CO[C@@H](c3ccccc3)O[C@H]2[C@H]1O. The van der Waals surface area contributed by atoms with Crippen molar-refractivity contribution in [1.29, 1.82) is 0 Å². The van der Waals surface area contributed by atoms with Crippen molar-refractivity contribution < 1.29 is 24.1 Å². The first kappa shape index (κ1) is 16.6. The highest BCUT2D eigenvalue weighted by Crippen LogP contribution is 2.34. The molecule has 0 aromatic heterocycles. The molecule has 2 saturated heterocycles. The molecule has 3 rings (SSSR count). The maximum Gasteiger partial charge on any atom is 0.184 e. The first-order chi connectivity index (χ1) is 11.2. The van der Waals surface area contributed by atoms with E-state index in [0.29, 0.717) is 13.2 Å². The molecule has 2 N–H and O–H groups in total. The molecule has 2 aliphatic heterocycles. The molecule has 2 aliphatic rings. The van der Waals surface area contributed by atoms with Gasteiger partial charge in [-0.25, -0.2) is 0 Å². The minimum Gasteiger partial charge on any atom is -0.388 e. The van der Waals surface area contributed by atoms with Crippen LogP contribution in [0.2, 0.25) is 0 Å². The van der Waals surface area contributed by atoms with E-state index in [2.05, 4.69) is 11.9 Å². The maximum absolute atomic E-state index is 10.7. The predicted octanol–water partition coefficient (Wildman–Crippen LogP) is 0.977. The molecule has 23 heavy (non-hydrogen) atoms. The average molecular weight is 321 g/mol. The zero-order valence-electron chi connectivity index (χ0n) is 13.1. The van der Waals surface area contributed by atoms with E-state index in [1.54, 1.807) is 13.2 Å². The molecule has 0 radical (unpaired) electrons. The Hall–Kier alpha value is -1.28. The molecule has 0 unspecified atom stereocenters. The Morgan fingerprint density at radius 3 is 2.83 bits per heavy atom. The number of rotatable bonds is 5. The molecule has 1 aromatic carbocycles. The fraction of sp³-hybridized carbons (Fsp3) is 0.529. The van der Waals surface area contributed by atoms with Crippen molar-refractivity contribution in [2.45, 2.75) is 36.9 Å². The number of hydrogen-bond donors (Lipinski definition) is 2. The number of methoxy groups -OCH3 is 1. The van der Waals surface area contributed by atoms with Crippen molar-refractivity contribution in [3.63, 3.8) is 0 Å². The Morgan fingerprint density at radius 1 is 1.35 bits per heavy atom. The summed E-state index contributed by atoms with van der Waals surface area (Å²) in [4.78, 5) is 0. The van der Waals surface area contributed by atoms with Gasteiger partial charge in [0, 0.05) is 19.2 Å². The van der Waals surface area contributed by atoms with Gasteiger partial charge in [-0.05, 0) is 0 Å². The smallest absolute Gasteiger partial charge is 0.184 e. The van der Waals surface area contributed by atoms with Gasteiger partial charge >= 0.3 is 0 Å². The summed E-state index contributed by atoms with van der Waals surface area (Å²) in [7, 11) is 1.55. The number of hydrogen-bond acceptors (Lipinski definition) is 6. The second kappa shape index (κ2) is 7.53. The van der Waals surface area contributed by atoms with Gasteiger partial charge in [-0.3, -0.25) is 0 Å². The predicted molar refractivity (Wildman–Crippen MR) is 83.7 cm³/mol. The summed E-state index contributed by atoms with van der Waals surface area (Å²) in [5.74, 6) is 0.